The summed E-state index contributed by atoms with van der Waals surface area (Å²) in [6.45, 7) is 9.29. The first-order valence-electron chi connectivity index (χ1n) is 8.21. The van der Waals surface area contributed by atoms with Crippen LogP contribution in [-0.2, 0) is 0 Å². The van der Waals surface area contributed by atoms with Crippen LogP contribution in [0.2, 0.25) is 0 Å². The lowest BCUT2D eigenvalue weighted by molar-refractivity contribution is 0.230. The fourth-order valence-electron chi connectivity index (χ4n) is 3.83. The second-order valence-electron chi connectivity index (χ2n) is 6.24. The minimum absolute atomic E-state index is 0.0799. The topological polar surface area (TPSA) is 18.5 Å². The lowest BCUT2D eigenvalue weighted by Gasteiger charge is -2.40. The summed E-state index contributed by atoms with van der Waals surface area (Å²) in [5, 5.41) is 3.41. The van der Waals surface area contributed by atoms with E-state index in [1.165, 1.54) is 19.4 Å². The number of anilines is 1. The van der Waals surface area contributed by atoms with Crippen molar-refractivity contribution in [2.24, 2.45) is 0 Å². The molecule has 1 aromatic rings. The van der Waals surface area contributed by atoms with Gasteiger partial charge in [0, 0.05) is 31.7 Å². The molecular weight excluding hydrogens is 265 g/mol. The Labute approximate surface area is 127 Å². The van der Waals surface area contributed by atoms with Gasteiger partial charge in [-0.1, -0.05) is 19.1 Å². The molecule has 3 nitrogen and oxygen atoms in total. The number of benzene rings is 1. The van der Waals surface area contributed by atoms with Gasteiger partial charge in [-0.05, 0) is 44.5 Å². The zero-order chi connectivity index (χ0) is 14.8. The summed E-state index contributed by atoms with van der Waals surface area (Å²) in [6.07, 6.45) is 2.54. The van der Waals surface area contributed by atoms with Crippen molar-refractivity contribution in [3.8, 4) is 0 Å². The van der Waals surface area contributed by atoms with Crippen LogP contribution in [0.4, 0.5) is 10.1 Å². The van der Waals surface area contributed by atoms with Gasteiger partial charge in [0.1, 0.15) is 5.82 Å². The van der Waals surface area contributed by atoms with Crippen LogP contribution in [0.3, 0.4) is 0 Å². The van der Waals surface area contributed by atoms with Crippen LogP contribution in [0.5, 0.6) is 0 Å². The number of nitrogens with zero attached hydrogens (tertiary/aromatic N) is 2. The van der Waals surface area contributed by atoms with E-state index in [2.05, 4.69) is 35.0 Å². The van der Waals surface area contributed by atoms with Gasteiger partial charge in [0.2, 0.25) is 0 Å². The third-order valence-electron chi connectivity index (χ3n) is 4.90. The number of halogens is 1. The van der Waals surface area contributed by atoms with Crippen molar-refractivity contribution in [3.63, 3.8) is 0 Å². The zero-order valence-corrected chi connectivity index (χ0v) is 13.1. The Morgan fingerprint density at radius 2 is 2.19 bits per heavy atom. The maximum atomic E-state index is 14.5. The Kier molecular flexibility index (Phi) is 4.45. The molecular formula is C17H26FN3. The average Bonchev–Trinajstić information content (AvgIpc) is 2.94. The lowest BCUT2D eigenvalue weighted by Crippen LogP contribution is -2.50. The van der Waals surface area contributed by atoms with E-state index < -0.39 is 0 Å². The standard InChI is InChI=1S/C17H26FN3/c1-3-19-13(2)15-7-4-8-16(18)17(15)21-11-10-20-9-5-6-14(20)12-21/h4,7-8,13-14,19H,3,5-6,9-12H2,1-2H3. The summed E-state index contributed by atoms with van der Waals surface area (Å²) in [7, 11) is 0. The van der Waals surface area contributed by atoms with E-state index in [0.717, 1.165) is 37.4 Å². The third-order valence-corrected chi connectivity index (χ3v) is 4.90. The van der Waals surface area contributed by atoms with Crippen LogP contribution < -0.4 is 10.2 Å². The molecule has 2 aliphatic heterocycles. The molecule has 21 heavy (non-hydrogen) atoms. The van der Waals surface area contributed by atoms with Crippen LogP contribution in [0.15, 0.2) is 18.2 Å². The first-order chi connectivity index (χ1) is 10.2. The summed E-state index contributed by atoms with van der Waals surface area (Å²) < 4.78 is 14.5. The number of hydrogen-bond acceptors (Lipinski definition) is 3. The molecule has 116 valence electrons. The van der Waals surface area contributed by atoms with Crippen molar-refractivity contribution in [2.75, 3.05) is 37.6 Å². The number of hydrogen-bond donors (Lipinski definition) is 1. The molecule has 2 heterocycles. The highest BCUT2D eigenvalue weighted by Gasteiger charge is 2.32. The fourth-order valence-corrected chi connectivity index (χ4v) is 3.83. The van der Waals surface area contributed by atoms with Crippen LogP contribution in [0.25, 0.3) is 0 Å². The highest BCUT2D eigenvalue weighted by Crippen LogP contribution is 2.32. The van der Waals surface area contributed by atoms with Gasteiger partial charge in [0.15, 0.2) is 0 Å². The molecule has 0 spiro atoms. The Morgan fingerprint density at radius 3 is 3.00 bits per heavy atom. The summed E-state index contributed by atoms with van der Waals surface area (Å²) in [5.41, 5.74) is 1.90. The van der Waals surface area contributed by atoms with Crippen LogP contribution >= 0.6 is 0 Å². The molecule has 0 aromatic heterocycles. The molecule has 4 heteroatoms. The van der Waals surface area contributed by atoms with Gasteiger partial charge in [0.25, 0.3) is 0 Å². The van der Waals surface area contributed by atoms with Crippen LogP contribution in [-0.4, -0.2) is 43.7 Å². The van der Waals surface area contributed by atoms with Crippen LogP contribution in [0.1, 0.15) is 38.3 Å². The van der Waals surface area contributed by atoms with E-state index in [9.17, 15) is 4.39 Å². The molecule has 1 N–H and O–H groups in total. The summed E-state index contributed by atoms with van der Waals surface area (Å²) >= 11 is 0. The van der Waals surface area contributed by atoms with Gasteiger partial charge >= 0.3 is 0 Å². The van der Waals surface area contributed by atoms with Crippen LogP contribution in [0, 0.1) is 5.82 Å². The molecule has 2 fully saturated rings. The molecule has 0 aliphatic carbocycles. The normalized spacial score (nSPS) is 24.1. The Bertz CT molecular complexity index is 491. The van der Waals surface area contributed by atoms with Gasteiger partial charge in [-0.2, -0.15) is 0 Å². The largest absolute Gasteiger partial charge is 0.366 e. The van der Waals surface area contributed by atoms with Crippen molar-refractivity contribution in [1.82, 2.24) is 10.2 Å². The van der Waals surface area contributed by atoms with E-state index in [-0.39, 0.29) is 11.9 Å². The predicted molar refractivity (Wildman–Crippen MR) is 85.3 cm³/mol. The maximum Gasteiger partial charge on any atom is 0.146 e. The van der Waals surface area contributed by atoms with Gasteiger partial charge in [-0.25, -0.2) is 4.39 Å². The number of para-hydroxylation sites is 1. The van der Waals surface area contributed by atoms with Crippen molar-refractivity contribution in [3.05, 3.63) is 29.6 Å². The zero-order valence-electron chi connectivity index (χ0n) is 13.1. The van der Waals surface area contributed by atoms with E-state index in [0.29, 0.717) is 6.04 Å². The first-order valence-corrected chi connectivity index (χ1v) is 8.21. The maximum absolute atomic E-state index is 14.5. The minimum atomic E-state index is -0.0799. The molecule has 0 saturated carbocycles. The molecule has 2 unspecified atom stereocenters. The smallest absolute Gasteiger partial charge is 0.146 e. The highest BCUT2D eigenvalue weighted by molar-refractivity contribution is 5.56. The number of fused-ring (bicyclic) bond motifs is 1. The summed E-state index contributed by atoms with van der Waals surface area (Å²) in [6, 6.07) is 6.28. The Balaban J connectivity index is 1.86. The predicted octanol–water partition coefficient (Wildman–Crippen LogP) is 2.78. The lowest BCUT2D eigenvalue weighted by atomic mass is 10.0. The highest BCUT2D eigenvalue weighted by atomic mass is 19.1. The molecule has 2 saturated heterocycles. The molecule has 1 aromatic carbocycles. The molecule has 0 radical (unpaired) electrons. The van der Waals surface area contributed by atoms with Crippen molar-refractivity contribution in [1.29, 1.82) is 0 Å². The quantitative estimate of drug-likeness (QED) is 0.920. The second kappa shape index (κ2) is 6.32. The van der Waals surface area contributed by atoms with E-state index in [4.69, 9.17) is 0 Å². The SMILES string of the molecule is CCNC(C)c1cccc(F)c1N1CCN2CCCC2C1. The molecule has 2 atom stereocenters. The van der Waals surface area contributed by atoms with Gasteiger partial charge in [-0.15, -0.1) is 0 Å². The average molecular weight is 291 g/mol. The van der Waals surface area contributed by atoms with Crippen molar-refractivity contribution in [2.45, 2.75) is 38.8 Å². The Morgan fingerprint density at radius 1 is 1.33 bits per heavy atom. The second-order valence-corrected chi connectivity index (χ2v) is 6.24. The number of rotatable bonds is 4. The monoisotopic (exact) mass is 291 g/mol. The molecule has 2 aliphatic rings. The van der Waals surface area contributed by atoms with E-state index in [1.807, 2.05) is 6.07 Å². The van der Waals surface area contributed by atoms with Crippen molar-refractivity contribution >= 4 is 5.69 Å². The molecule has 0 amide bonds. The summed E-state index contributed by atoms with van der Waals surface area (Å²) in [4.78, 5) is 4.83. The number of piperazine rings is 1. The summed E-state index contributed by atoms with van der Waals surface area (Å²) in [5.74, 6) is -0.0799. The fraction of sp³-hybridized carbons (Fsp3) is 0.647. The van der Waals surface area contributed by atoms with Gasteiger partial charge in [-0.3, -0.25) is 4.90 Å². The van der Waals surface area contributed by atoms with Gasteiger partial charge < -0.3 is 10.2 Å². The molecule has 0 bridgehead atoms. The molecule has 3 rings (SSSR count). The van der Waals surface area contributed by atoms with E-state index in [1.54, 1.807) is 6.07 Å². The van der Waals surface area contributed by atoms with Crippen molar-refractivity contribution < 1.29 is 4.39 Å². The Hall–Kier alpha value is -1.13. The minimum Gasteiger partial charge on any atom is -0.366 e. The third kappa shape index (κ3) is 2.92. The van der Waals surface area contributed by atoms with Gasteiger partial charge in [0.05, 0.1) is 5.69 Å². The van der Waals surface area contributed by atoms with E-state index >= 15 is 0 Å². The first kappa shape index (κ1) is 14.8. The number of nitrogens with one attached hydrogen (secondary N) is 1.